The second-order valence-electron chi connectivity index (χ2n) is 3.86. The van der Waals surface area contributed by atoms with Crippen molar-refractivity contribution < 1.29 is 4.79 Å². The van der Waals surface area contributed by atoms with E-state index in [-0.39, 0.29) is 5.91 Å². The van der Waals surface area contributed by atoms with Crippen LogP contribution in [0.5, 0.6) is 0 Å². The number of benzene rings is 1. The largest absolute Gasteiger partial charge is 0.399 e. The number of carbonyl (C=O) groups excluding carboxylic acids is 1. The maximum absolute atomic E-state index is 11.5. The smallest absolute Gasteiger partial charge is 0.241 e. The Bertz CT molecular complexity index is 393. The van der Waals surface area contributed by atoms with Crippen LogP contribution in [-0.4, -0.2) is 38.5 Å². The lowest BCUT2D eigenvalue weighted by Crippen LogP contribution is -2.34. The zero-order chi connectivity index (χ0) is 12.3. The van der Waals surface area contributed by atoms with E-state index >= 15 is 0 Å². The number of hydrogen-bond donors (Lipinski definition) is 1. The van der Waals surface area contributed by atoms with E-state index in [0.29, 0.717) is 12.2 Å². The van der Waals surface area contributed by atoms with Crippen molar-refractivity contribution >= 4 is 33.2 Å². The molecular weight excluding hydrogens is 270 g/mol. The maximum atomic E-state index is 11.5. The van der Waals surface area contributed by atoms with Crippen LogP contribution in [0.25, 0.3) is 0 Å². The molecule has 0 bridgehead atoms. The van der Waals surface area contributed by atoms with Crippen molar-refractivity contribution in [2.75, 3.05) is 38.3 Å². The number of anilines is 2. The van der Waals surface area contributed by atoms with Crippen LogP contribution in [0.2, 0.25) is 0 Å². The lowest BCUT2D eigenvalue weighted by Gasteiger charge is -2.22. The fourth-order valence-corrected chi connectivity index (χ4v) is 1.96. The first-order valence-corrected chi connectivity index (χ1v) is 5.67. The van der Waals surface area contributed by atoms with Gasteiger partial charge < -0.3 is 15.5 Å². The lowest BCUT2D eigenvalue weighted by atomic mass is 10.2. The first-order chi connectivity index (χ1) is 7.41. The Balaban J connectivity index is 2.80. The van der Waals surface area contributed by atoms with Gasteiger partial charge in [-0.1, -0.05) is 0 Å². The van der Waals surface area contributed by atoms with Crippen molar-refractivity contribution in [3.05, 3.63) is 22.7 Å². The lowest BCUT2D eigenvalue weighted by molar-refractivity contribution is -0.127. The Morgan fingerprint density at radius 3 is 2.50 bits per heavy atom. The molecule has 0 spiro atoms. The van der Waals surface area contributed by atoms with Crippen molar-refractivity contribution in [2.24, 2.45) is 0 Å². The van der Waals surface area contributed by atoms with Crippen molar-refractivity contribution in [2.45, 2.75) is 0 Å². The Morgan fingerprint density at radius 2 is 2.00 bits per heavy atom. The molecule has 0 aliphatic carbocycles. The van der Waals surface area contributed by atoms with Gasteiger partial charge in [-0.2, -0.15) is 0 Å². The van der Waals surface area contributed by atoms with E-state index in [1.165, 1.54) is 0 Å². The van der Waals surface area contributed by atoms with Crippen LogP contribution in [0, 0.1) is 0 Å². The van der Waals surface area contributed by atoms with Gasteiger partial charge in [-0.15, -0.1) is 0 Å². The van der Waals surface area contributed by atoms with E-state index < -0.39 is 0 Å². The van der Waals surface area contributed by atoms with Gasteiger partial charge in [0.2, 0.25) is 5.91 Å². The molecule has 5 heteroatoms. The predicted molar refractivity (Wildman–Crippen MR) is 70.5 cm³/mol. The molecule has 2 N–H and O–H groups in total. The summed E-state index contributed by atoms with van der Waals surface area (Å²) in [5.74, 6) is 0.0613. The van der Waals surface area contributed by atoms with Crippen molar-refractivity contribution in [3.8, 4) is 0 Å². The summed E-state index contributed by atoms with van der Waals surface area (Å²) in [6.45, 7) is 0.343. The highest BCUT2D eigenvalue weighted by Crippen LogP contribution is 2.27. The molecule has 0 radical (unpaired) electrons. The molecule has 1 aromatic rings. The third-order valence-electron chi connectivity index (χ3n) is 2.25. The van der Waals surface area contributed by atoms with Crippen LogP contribution in [0.15, 0.2) is 22.7 Å². The van der Waals surface area contributed by atoms with Gasteiger partial charge in [-0.25, -0.2) is 0 Å². The number of hydrogen-bond acceptors (Lipinski definition) is 3. The molecule has 0 aromatic heterocycles. The highest BCUT2D eigenvalue weighted by molar-refractivity contribution is 9.10. The second-order valence-corrected chi connectivity index (χ2v) is 4.71. The molecule has 0 aliphatic rings. The summed E-state index contributed by atoms with van der Waals surface area (Å²) in [5, 5.41) is 0. The molecule has 0 atom stereocenters. The maximum Gasteiger partial charge on any atom is 0.241 e. The van der Waals surface area contributed by atoms with Crippen molar-refractivity contribution in [1.29, 1.82) is 0 Å². The number of carbonyl (C=O) groups is 1. The van der Waals surface area contributed by atoms with Gasteiger partial charge in [-0.05, 0) is 34.1 Å². The molecule has 1 amide bonds. The monoisotopic (exact) mass is 285 g/mol. The van der Waals surface area contributed by atoms with Gasteiger partial charge in [-0.3, -0.25) is 4.79 Å². The molecule has 0 saturated heterocycles. The van der Waals surface area contributed by atoms with E-state index in [4.69, 9.17) is 5.73 Å². The summed E-state index contributed by atoms with van der Waals surface area (Å²) in [7, 11) is 5.36. The van der Waals surface area contributed by atoms with E-state index in [2.05, 4.69) is 15.9 Å². The standard InChI is InChI=1S/C11H16BrN3O/c1-14(2)11(16)7-15(3)10-5-4-8(13)6-9(10)12/h4-6H,7,13H2,1-3H3. The summed E-state index contributed by atoms with van der Waals surface area (Å²) in [4.78, 5) is 15.0. The van der Waals surface area contributed by atoms with E-state index in [9.17, 15) is 4.79 Å². The van der Waals surface area contributed by atoms with Crippen molar-refractivity contribution in [3.63, 3.8) is 0 Å². The van der Waals surface area contributed by atoms with Crippen LogP contribution in [0.3, 0.4) is 0 Å². The minimum absolute atomic E-state index is 0.0613. The molecule has 0 fully saturated rings. The summed E-state index contributed by atoms with van der Waals surface area (Å²) in [5.41, 5.74) is 7.30. The molecule has 0 unspecified atom stereocenters. The highest BCUT2D eigenvalue weighted by atomic mass is 79.9. The Morgan fingerprint density at radius 1 is 1.38 bits per heavy atom. The number of rotatable bonds is 3. The molecule has 1 rings (SSSR count). The van der Waals surface area contributed by atoms with Gasteiger partial charge in [0.05, 0.1) is 12.2 Å². The summed E-state index contributed by atoms with van der Waals surface area (Å²) in [6, 6.07) is 5.53. The Labute approximate surface area is 104 Å². The third kappa shape index (κ3) is 3.13. The molecule has 0 heterocycles. The summed E-state index contributed by atoms with van der Waals surface area (Å²) >= 11 is 3.43. The average molecular weight is 286 g/mol. The van der Waals surface area contributed by atoms with Gasteiger partial charge in [0, 0.05) is 31.3 Å². The van der Waals surface area contributed by atoms with Crippen LogP contribution in [-0.2, 0) is 4.79 Å². The summed E-state index contributed by atoms with van der Waals surface area (Å²) < 4.78 is 0.890. The van der Waals surface area contributed by atoms with Gasteiger partial charge in [0.1, 0.15) is 0 Å². The molecule has 88 valence electrons. The van der Waals surface area contributed by atoms with Crippen LogP contribution >= 0.6 is 15.9 Å². The fourth-order valence-electron chi connectivity index (χ4n) is 1.26. The highest BCUT2D eigenvalue weighted by Gasteiger charge is 2.11. The number of likely N-dealkylation sites (N-methyl/N-ethyl adjacent to an activating group) is 2. The average Bonchev–Trinajstić information content (AvgIpc) is 2.16. The molecule has 0 saturated carbocycles. The quantitative estimate of drug-likeness (QED) is 0.858. The van der Waals surface area contributed by atoms with E-state index in [0.717, 1.165) is 10.2 Å². The van der Waals surface area contributed by atoms with Crippen LogP contribution in [0.1, 0.15) is 0 Å². The van der Waals surface area contributed by atoms with Crippen LogP contribution < -0.4 is 10.6 Å². The normalized spacial score (nSPS) is 10.0. The molecule has 0 aliphatic heterocycles. The van der Waals surface area contributed by atoms with E-state index in [1.54, 1.807) is 19.0 Å². The first-order valence-electron chi connectivity index (χ1n) is 4.88. The number of nitrogen functional groups attached to an aromatic ring is 1. The molecule has 1 aromatic carbocycles. The molecular formula is C11H16BrN3O. The minimum atomic E-state index is 0.0613. The summed E-state index contributed by atoms with van der Waals surface area (Å²) in [6.07, 6.45) is 0. The zero-order valence-electron chi connectivity index (χ0n) is 9.70. The topological polar surface area (TPSA) is 49.6 Å². The second kappa shape index (κ2) is 5.21. The first kappa shape index (κ1) is 12.8. The van der Waals surface area contributed by atoms with Gasteiger partial charge in [0.15, 0.2) is 0 Å². The van der Waals surface area contributed by atoms with E-state index in [1.807, 2.05) is 30.1 Å². The molecule has 16 heavy (non-hydrogen) atoms. The predicted octanol–water partition coefficient (Wildman–Crippen LogP) is 1.56. The fraction of sp³-hybridized carbons (Fsp3) is 0.364. The van der Waals surface area contributed by atoms with Crippen molar-refractivity contribution in [1.82, 2.24) is 4.90 Å². The zero-order valence-corrected chi connectivity index (χ0v) is 11.3. The SMILES string of the molecule is CN(C)C(=O)CN(C)c1ccc(N)cc1Br. The Hall–Kier alpha value is -1.23. The minimum Gasteiger partial charge on any atom is -0.399 e. The Kier molecular flexibility index (Phi) is 4.18. The number of halogens is 1. The van der Waals surface area contributed by atoms with Gasteiger partial charge >= 0.3 is 0 Å². The number of nitrogens with zero attached hydrogens (tertiary/aromatic N) is 2. The number of amides is 1. The molecule has 4 nitrogen and oxygen atoms in total. The third-order valence-corrected chi connectivity index (χ3v) is 2.89. The van der Waals surface area contributed by atoms with Gasteiger partial charge in [0.25, 0.3) is 0 Å². The number of nitrogens with two attached hydrogens (primary N) is 1. The van der Waals surface area contributed by atoms with Crippen LogP contribution in [0.4, 0.5) is 11.4 Å².